The van der Waals surface area contributed by atoms with Crippen LogP contribution in [0.5, 0.6) is 0 Å². The van der Waals surface area contributed by atoms with Gasteiger partial charge in [-0.3, -0.25) is 0 Å². The SMILES string of the molecule is CNC(Cc1ccc(F)c(Br)c1)c1cnns1. The number of rotatable bonds is 4. The Hall–Kier alpha value is -0.850. The van der Waals surface area contributed by atoms with Gasteiger partial charge in [0.15, 0.2) is 0 Å². The fraction of sp³-hybridized carbons (Fsp3) is 0.273. The summed E-state index contributed by atoms with van der Waals surface area (Å²) >= 11 is 4.56. The highest BCUT2D eigenvalue weighted by Crippen LogP contribution is 2.23. The summed E-state index contributed by atoms with van der Waals surface area (Å²) in [6.07, 6.45) is 2.53. The van der Waals surface area contributed by atoms with Crippen LogP contribution < -0.4 is 5.32 Å². The fourth-order valence-corrected chi connectivity index (χ4v) is 2.61. The predicted octanol–water partition coefficient (Wildman–Crippen LogP) is 2.94. The van der Waals surface area contributed by atoms with Gasteiger partial charge in [-0.1, -0.05) is 10.6 Å². The summed E-state index contributed by atoms with van der Waals surface area (Å²) in [4.78, 5) is 1.08. The first-order valence-electron chi connectivity index (χ1n) is 5.09. The molecule has 0 saturated carbocycles. The summed E-state index contributed by atoms with van der Waals surface area (Å²) in [6.45, 7) is 0. The number of nitrogens with one attached hydrogen (secondary N) is 1. The highest BCUT2D eigenvalue weighted by molar-refractivity contribution is 9.10. The third kappa shape index (κ3) is 3.08. The molecule has 1 aromatic heterocycles. The molecule has 1 unspecified atom stereocenters. The molecule has 0 fully saturated rings. The van der Waals surface area contributed by atoms with Gasteiger partial charge in [-0.05, 0) is 58.6 Å². The molecule has 0 aliphatic carbocycles. The molecule has 2 aromatic rings. The van der Waals surface area contributed by atoms with E-state index < -0.39 is 0 Å². The molecule has 0 amide bonds. The number of hydrogen-bond acceptors (Lipinski definition) is 4. The summed E-state index contributed by atoms with van der Waals surface area (Å²) < 4.78 is 17.5. The molecular formula is C11H11BrFN3S. The van der Waals surface area contributed by atoms with Gasteiger partial charge in [0.05, 0.1) is 15.5 Å². The van der Waals surface area contributed by atoms with Crippen LogP contribution in [0.1, 0.15) is 16.5 Å². The van der Waals surface area contributed by atoms with Crippen LogP contribution in [-0.2, 0) is 6.42 Å². The first-order valence-corrected chi connectivity index (χ1v) is 6.66. The van der Waals surface area contributed by atoms with Crippen molar-refractivity contribution in [2.45, 2.75) is 12.5 Å². The van der Waals surface area contributed by atoms with Crippen LogP contribution in [-0.4, -0.2) is 16.6 Å². The van der Waals surface area contributed by atoms with Crippen molar-refractivity contribution in [2.75, 3.05) is 7.05 Å². The maximum absolute atomic E-state index is 13.1. The van der Waals surface area contributed by atoms with Crippen molar-refractivity contribution in [3.63, 3.8) is 0 Å². The van der Waals surface area contributed by atoms with Crippen LogP contribution in [0.2, 0.25) is 0 Å². The molecule has 1 aromatic carbocycles. The Bertz CT molecular complexity index is 489. The first-order chi connectivity index (χ1) is 8.20. The monoisotopic (exact) mass is 315 g/mol. The van der Waals surface area contributed by atoms with Crippen molar-refractivity contribution >= 4 is 27.5 Å². The number of likely N-dealkylation sites (N-methyl/N-ethyl adjacent to an activating group) is 1. The molecule has 1 atom stereocenters. The Labute approximate surface area is 111 Å². The molecule has 17 heavy (non-hydrogen) atoms. The van der Waals surface area contributed by atoms with E-state index in [1.165, 1.54) is 17.6 Å². The van der Waals surface area contributed by atoms with Crippen molar-refractivity contribution < 1.29 is 4.39 Å². The largest absolute Gasteiger partial charge is 0.312 e. The van der Waals surface area contributed by atoms with Crippen LogP contribution in [0.15, 0.2) is 28.9 Å². The van der Waals surface area contributed by atoms with Gasteiger partial charge in [0.25, 0.3) is 0 Å². The number of benzene rings is 1. The zero-order valence-corrected chi connectivity index (χ0v) is 11.6. The molecule has 0 aliphatic rings. The van der Waals surface area contributed by atoms with E-state index in [0.29, 0.717) is 4.47 Å². The quantitative estimate of drug-likeness (QED) is 0.942. The number of aromatic nitrogens is 2. The van der Waals surface area contributed by atoms with E-state index in [9.17, 15) is 4.39 Å². The fourth-order valence-electron chi connectivity index (χ4n) is 1.58. The van der Waals surface area contributed by atoms with Gasteiger partial charge in [-0.25, -0.2) is 4.39 Å². The maximum atomic E-state index is 13.1. The van der Waals surface area contributed by atoms with Gasteiger partial charge in [-0.2, -0.15) is 0 Å². The second kappa shape index (κ2) is 5.66. The lowest BCUT2D eigenvalue weighted by atomic mass is 10.1. The molecule has 0 aliphatic heterocycles. The lowest BCUT2D eigenvalue weighted by Gasteiger charge is -2.13. The van der Waals surface area contributed by atoms with Gasteiger partial charge in [0.2, 0.25) is 0 Å². The second-order valence-corrected chi connectivity index (χ2v) is 5.29. The van der Waals surface area contributed by atoms with Gasteiger partial charge in [0, 0.05) is 6.04 Å². The van der Waals surface area contributed by atoms with Crippen LogP contribution >= 0.6 is 27.5 Å². The zero-order chi connectivity index (χ0) is 12.3. The molecule has 1 heterocycles. The molecule has 2 rings (SSSR count). The van der Waals surface area contributed by atoms with Crippen molar-refractivity contribution in [3.05, 3.63) is 45.1 Å². The van der Waals surface area contributed by atoms with Gasteiger partial charge in [0.1, 0.15) is 5.82 Å². The van der Waals surface area contributed by atoms with E-state index in [4.69, 9.17) is 0 Å². The van der Waals surface area contributed by atoms with Crippen molar-refractivity contribution in [3.8, 4) is 0 Å². The molecular weight excluding hydrogens is 305 g/mol. The van der Waals surface area contributed by atoms with Gasteiger partial charge in [-0.15, -0.1) is 5.10 Å². The van der Waals surface area contributed by atoms with E-state index in [1.54, 1.807) is 18.3 Å². The van der Waals surface area contributed by atoms with Crippen LogP contribution in [0.4, 0.5) is 4.39 Å². The third-order valence-electron chi connectivity index (χ3n) is 2.49. The lowest BCUT2D eigenvalue weighted by Crippen LogP contribution is -2.17. The number of nitrogens with zero attached hydrogens (tertiary/aromatic N) is 2. The molecule has 1 N–H and O–H groups in total. The molecule has 6 heteroatoms. The lowest BCUT2D eigenvalue weighted by molar-refractivity contribution is 0.595. The molecule has 3 nitrogen and oxygen atoms in total. The average Bonchev–Trinajstić information content (AvgIpc) is 2.84. The number of halogens is 2. The molecule has 90 valence electrons. The molecule has 0 saturated heterocycles. The van der Waals surface area contributed by atoms with E-state index >= 15 is 0 Å². The van der Waals surface area contributed by atoms with Crippen molar-refractivity contribution in [1.29, 1.82) is 0 Å². The Balaban J connectivity index is 2.16. The summed E-state index contributed by atoms with van der Waals surface area (Å²) in [5.74, 6) is -0.241. The predicted molar refractivity (Wildman–Crippen MR) is 69.5 cm³/mol. The average molecular weight is 316 g/mol. The second-order valence-electron chi connectivity index (χ2n) is 3.61. The van der Waals surface area contributed by atoms with Crippen LogP contribution in [0.25, 0.3) is 0 Å². The molecule has 0 bridgehead atoms. The van der Waals surface area contributed by atoms with E-state index in [1.807, 2.05) is 7.05 Å². The summed E-state index contributed by atoms with van der Waals surface area (Å²) in [5, 5.41) is 7.03. The third-order valence-corrected chi connectivity index (χ3v) is 3.88. The Morgan fingerprint density at radius 3 is 2.94 bits per heavy atom. The molecule has 0 radical (unpaired) electrons. The van der Waals surface area contributed by atoms with E-state index in [-0.39, 0.29) is 11.9 Å². The van der Waals surface area contributed by atoms with Crippen molar-refractivity contribution in [1.82, 2.24) is 14.9 Å². The minimum absolute atomic E-state index is 0.160. The summed E-state index contributed by atoms with van der Waals surface area (Å²) in [5.41, 5.74) is 1.06. The van der Waals surface area contributed by atoms with Gasteiger partial charge >= 0.3 is 0 Å². The van der Waals surface area contributed by atoms with Crippen LogP contribution in [0, 0.1) is 5.82 Å². The first kappa shape index (κ1) is 12.6. The smallest absolute Gasteiger partial charge is 0.137 e. The Morgan fingerprint density at radius 1 is 1.53 bits per heavy atom. The zero-order valence-electron chi connectivity index (χ0n) is 9.15. The summed E-state index contributed by atoms with van der Waals surface area (Å²) in [7, 11) is 1.89. The maximum Gasteiger partial charge on any atom is 0.137 e. The van der Waals surface area contributed by atoms with Crippen molar-refractivity contribution in [2.24, 2.45) is 0 Å². The topological polar surface area (TPSA) is 37.8 Å². The standard InChI is InChI=1S/C11H11BrFN3S/c1-14-10(11-6-15-16-17-11)5-7-2-3-9(13)8(12)4-7/h2-4,6,10,14H,5H2,1H3. The Kier molecular flexibility index (Phi) is 4.20. The van der Waals surface area contributed by atoms with E-state index in [0.717, 1.165) is 16.9 Å². The Morgan fingerprint density at radius 2 is 2.35 bits per heavy atom. The summed E-state index contributed by atoms with van der Waals surface area (Å²) in [6, 6.07) is 5.22. The number of hydrogen-bond donors (Lipinski definition) is 1. The highest BCUT2D eigenvalue weighted by atomic mass is 79.9. The molecule has 0 spiro atoms. The highest BCUT2D eigenvalue weighted by Gasteiger charge is 2.13. The minimum atomic E-state index is -0.241. The van der Waals surface area contributed by atoms with Gasteiger partial charge < -0.3 is 5.32 Å². The normalized spacial score (nSPS) is 12.6. The minimum Gasteiger partial charge on any atom is -0.312 e. The van der Waals surface area contributed by atoms with Crippen LogP contribution in [0.3, 0.4) is 0 Å². The van der Waals surface area contributed by atoms with E-state index in [2.05, 4.69) is 30.8 Å².